The second-order valence-electron chi connectivity index (χ2n) is 4.91. The summed E-state index contributed by atoms with van der Waals surface area (Å²) >= 11 is 3.63. The summed E-state index contributed by atoms with van der Waals surface area (Å²) in [5.74, 6) is 1.68. The summed E-state index contributed by atoms with van der Waals surface area (Å²) < 4.78 is 5.60. The number of hydrogen-bond acceptors (Lipinski definition) is 4. The van der Waals surface area contributed by atoms with Crippen molar-refractivity contribution in [3.8, 4) is 5.88 Å². The molecular formula is C14H22BrN3O. The fraction of sp³-hybridized carbons (Fsp3) is 0.714. The third-order valence-corrected chi connectivity index (χ3v) is 4.18. The first kappa shape index (κ1) is 14.6. The van der Waals surface area contributed by atoms with Crippen LogP contribution in [0.5, 0.6) is 5.88 Å². The maximum atomic E-state index is 5.60. The van der Waals surface area contributed by atoms with Crippen LogP contribution >= 0.6 is 15.9 Å². The summed E-state index contributed by atoms with van der Waals surface area (Å²) in [6.07, 6.45) is 7.67. The number of alkyl halides is 1. The highest BCUT2D eigenvalue weighted by molar-refractivity contribution is 9.09. The number of anilines is 1. The molecule has 0 bridgehead atoms. The lowest BCUT2D eigenvalue weighted by molar-refractivity contribution is 0.304. The molecule has 5 heteroatoms. The minimum absolute atomic E-state index is 0.524. The van der Waals surface area contributed by atoms with E-state index in [0.29, 0.717) is 18.5 Å². The Morgan fingerprint density at radius 3 is 3.05 bits per heavy atom. The predicted octanol–water partition coefficient (Wildman–Crippen LogP) is 3.41. The molecule has 1 fully saturated rings. The zero-order chi connectivity index (χ0) is 13.5. The van der Waals surface area contributed by atoms with Crippen LogP contribution in [-0.4, -0.2) is 34.5 Å². The summed E-state index contributed by atoms with van der Waals surface area (Å²) in [5, 5.41) is 0.988. The van der Waals surface area contributed by atoms with Crippen LogP contribution < -0.4 is 9.64 Å². The predicted molar refractivity (Wildman–Crippen MR) is 81.2 cm³/mol. The van der Waals surface area contributed by atoms with Gasteiger partial charge in [0.1, 0.15) is 12.1 Å². The van der Waals surface area contributed by atoms with E-state index < -0.39 is 0 Å². The zero-order valence-corrected chi connectivity index (χ0v) is 13.1. The van der Waals surface area contributed by atoms with Gasteiger partial charge in [0.25, 0.3) is 0 Å². The zero-order valence-electron chi connectivity index (χ0n) is 11.5. The van der Waals surface area contributed by atoms with Gasteiger partial charge in [0.05, 0.1) is 6.61 Å². The summed E-state index contributed by atoms with van der Waals surface area (Å²) in [6, 6.07) is 2.49. The van der Waals surface area contributed by atoms with Gasteiger partial charge in [-0.25, -0.2) is 9.97 Å². The van der Waals surface area contributed by atoms with Gasteiger partial charge in [-0.05, 0) is 19.3 Å². The molecule has 2 rings (SSSR count). The highest BCUT2D eigenvalue weighted by atomic mass is 79.9. The fourth-order valence-electron chi connectivity index (χ4n) is 2.41. The lowest BCUT2D eigenvalue weighted by Crippen LogP contribution is -2.36. The van der Waals surface area contributed by atoms with Crippen molar-refractivity contribution in [3.63, 3.8) is 0 Å². The van der Waals surface area contributed by atoms with Gasteiger partial charge in [0.15, 0.2) is 0 Å². The van der Waals surface area contributed by atoms with Crippen LogP contribution in [0.1, 0.15) is 39.0 Å². The van der Waals surface area contributed by atoms with Crippen LogP contribution in [0, 0.1) is 0 Å². The Morgan fingerprint density at radius 2 is 2.26 bits per heavy atom. The third kappa shape index (κ3) is 4.06. The molecule has 0 spiro atoms. The quantitative estimate of drug-likeness (QED) is 0.777. The first-order valence-corrected chi connectivity index (χ1v) is 8.24. The molecule has 1 aromatic heterocycles. The van der Waals surface area contributed by atoms with E-state index in [1.165, 1.54) is 25.7 Å². The minimum atomic E-state index is 0.524. The molecule has 1 aliphatic heterocycles. The van der Waals surface area contributed by atoms with Gasteiger partial charge in [0.2, 0.25) is 5.88 Å². The van der Waals surface area contributed by atoms with Crippen molar-refractivity contribution in [2.24, 2.45) is 0 Å². The molecule has 0 radical (unpaired) electrons. The monoisotopic (exact) mass is 327 g/mol. The first-order chi connectivity index (χ1) is 9.35. The van der Waals surface area contributed by atoms with Crippen molar-refractivity contribution in [2.75, 3.05) is 23.4 Å². The Kier molecular flexibility index (Phi) is 5.89. The number of rotatable bonds is 5. The maximum Gasteiger partial charge on any atom is 0.218 e. The van der Waals surface area contributed by atoms with Gasteiger partial charge in [-0.2, -0.15) is 0 Å². The van der Waals surface area contributed by atoms with E-state index in [1.807, 2.05) is 6.07 Å². The van der Waals surface area contributed by atoms with Crippen LogP contribution in [0.25, 0.3) is 0 Å². The smallest absolute Gasteiger partial charge is 0.218 e. The number of halogens is 1. The first-order valence-electron chi connectivity index (χ1n) is 7.12. The lowest BCUT2D eigenvalue weighted by Gasteiger charge is -2.29. The Bertz CT molecular complexity index is 389. The van der Waals surface area contributed by atoms with Gasteiger partial charge in [-0.3, -0.25) is 0 Å². The molecule has 0 aromatic carbocycles. The van der Waals surface area contributed by atoms with E-state index in [1.54, 1.807) is 6.33 Å². The van der Waals surface area contributed by atoms with Crippen LogP contribution in [0.15, 0.2) is 12.4 Å². The summed E-state index contributed by atoms with van der Waals surface area (Å²) in [6.45, 7) is 3.87. The Morgan fingerprint density at radius 1 is 1.37 bits per heavy atom. The van der Waals surface area contributed by atoms with E-state index in [-0.39, 0.29) is 0 Å². The van der Waals surface area contributed by atoms with E-state index in [4.69, 9.17) is 4.74 Å². The molecule has 1 aliphatic rings. The molecule has 19 heavy (non-hydrogen) atoms. The summed E-state index contributed by atoms with van der Waals surface area (Å²) in [4.78, 5) is 11.0. The topological polar surface area (TPSA) is 38.2 Å². The second kappa shape index (κ2) is 7.68. The molecule has 1 unspecified atom stereocenters. The molecule has 106 valence electrons. The molecule has 1 saturated heterocycles. The maximum absolute atomic E-state index is 5.60. The average molecular weight is 328 g/mol. The molecule has 0 saturated carbocycles. The number of nitrogens with zero attached hydrogens (tertiary/aromatic N) is 3. The number of aromatic nitrogens is 2. The average Bonchev–Trinajstić information content (AvgIpc) is 2.70. The number of ether oxygens (including phenoxy) is 1. The van der Waals surface area contributed by atoms with Crippen LogP contribution in [0.3, 0.4) is 0 Å². The molecule has 4 nitrogen and oxygen atoms in total. The Hall–Kier alpha value is -0.840. The molecule has 0 aliphatic carbocycles. The molecule has 1 aromatic rings. The highest BCUT2D eigenvalue weighted by Gasteiger charge is 2.21. The number of hydrogen-bond donors (Lipinski definition) is 0. The van der Waals surface area contributed by atoms with E-state index >= 15 is 0 Å². The fourth-order valence-corrected chi connectivity index (χ4v) is 3.09. The molecule has 0 N–H and O–H groups in total. The molecule has 2 heterocycles. The van der Waals surface area contributed by atoms with Gasteiger partial charge in [-0.15, -0.1) is 0 Å². The van der Waals surface area contributed by atoms with Crippen molar-refractivity contribution < 1.29 is 4.74 Å². The van der Waals surface area contributed by atoms with Gasteiger partial charge >= 0.3 is 0 Å². The minimum Gasteiger partial charge on any atom is -0.478 e. The molecular weight excluding hydrogens is 306 g/mol. The molecule has 0 amide bonds. The van der Waals surface area contributed by atoms with Gasteiger partial charge in [-0.1, -0.05) is 35.7 Å². The standard InChI is InChI=1S/C14H22BrN3O/c1-2-8-19-14-9-13(16-11-17-14)18-7-5-3-4-6-12(18)10-15/h9,11-12H,2-8,10H2,1H3. The largest absolute Gasteiger partial charge is 0.478 e. The Balaban J connectivity index is 2.13. The van der Waals surface area contributed by atoms with Crippen molar-refractivity contribution in [3.05, 3.63) is 12.4 Å². The second-order valence-corrected chi connectivity index (χ2v) is 5.56. The highest BCUT2D eigenvalue weighted by Crippen LogP contribution is 2.25. The SMILES string of the molecule is CCCOc1cc(N2CCCCCC2CBr)ncn1. The van der Waals surface area contributed by atoms with Crippen LogP contribution in [-0.2, 0) is 0 Å². The van der Waals surface area contributed by atoms with Crippen molar-refractivity contribution in [2.45, 2.75) is 45.1 Å². The van der Waals surface area contributed by atoms with E-state index in [9.17, 15) is 0 Å². The van der Waals surface area contributed by atoms with Crippen LogP contribution in [0.4, 0.5) is 5.82 Å². The summed E-state index contributed by atoms with van der Waals surface area (Å²) in [5.41, 5.74) is 0. The van der Waals surface area contributed by atoms with E-state index in [0.717, 1.165) is 24.1 Å². The Labute approximate surface area is 123 Å². The summed E-state index contributed by atoms with van der Waals surface area (Å²) in [7, 11) is 0. The van der Waals surface area contributed by atoms with Crippen molar-refractivity contribution in [1.29, 1.82) is 0 Å². The van der Waals surface area contributed by atoms with Crippen LogP contribution in [0.2, 0.25) is 0 Å². The van der Waals surface area contributed by atoms with Gasteiger partial charge < -0.3 is 9.64 Å². The normalized spacial score (nSPS) is 20.1. The van der Waals surface area contributed by atoms with Crippen molar-refractivity contribution in [1.82, 2.24) is 9.97 Å². The van der Waals surface area contributed by atoms with E-state index in [2.05, 4.69) is 37.7 Å². The van der Waals surface area contributed by atoms with Crippen molar-refractivity contribution >= 4 is 21.7 Å². The van der Waals surface area contributed by atoms with Gasteiger partial charge in [0, 0.05) is 24.0 Å². The third-order valence-electron chi connectivity index (χ3n) is 3.43. The molecule has 1 atom stereocenters. The lowest BCUT2D eigenvalue weighted by atomic mass is 10.1.